The number of carbonyl (C=O) groups excluding carboxylic acids is 1. The minimum absolute atomic E-state index is 0.0283. The summed E-state index contributed by atoms with van der Waals surface area (Å²) in [7, 11) is 0. The van der Waals surface area contributed by atoms with Crippen LogP contribution < -0.4 is 0 Å². The molecule has 0 bridgehead atoms. The van der Waals surface area contributed by atoms with Gasteiger partial charge in [0.05, 0.1) is 6.42 Å². The first-order valence-corrected chi connectivity index (χ1v) is 7.34. The van der Waals surface area contributed by atoms with Gasteiger partial charge >= 0.3 is 6.18 Å². The molecule has 1 rings (SSSR count). The zero-order chi connectivity index (χ0) is 16.3. The van der Waals surface area contributed by atoms with E-state index in [2.05, 4.69) is 15.9 Å². The number of alkyl halides is 3. The minimum Gasteiger partial charge on any atom is -0.333 e. The smallest absolute Gasteiger partial charge is 0.333 e. The molecule has 118 valence electrons. The average Bonchev–Trinajstić information content (AvgIpc) is 2.27. The van der Waals surface area contributed by atoms with Crippen molar-refractivity contribution in [2.24, 2.45) is 5.41 Å². The Morgan fingerprint density at radius 1 is 1.10 bits per heavy atom. The Morgan fingerprint density at radius 3 is 2.05 bits per heavy atom. The van der Waals surface area contributed by atoms with Gasteiger partial charge < -0.3 is 4.90 Å². The van der Waals surface area contributed by atoms with E-state index in [1.807, 2.05) is 20.8 Å². The van der Waals surface area contributed by atoms with Crippen molar-refractivity contribution >= 4 is 21.8 Å². The Morgan fingerprint density at radius 2 is 1.62 bits per heavy atom. The first-order valence-electron chi connectivity index (χ1n) is 6.55. The van der Waals surface area contributed by atoms with Crippen LogP contribution in [0.15, 0.2) is 28.7 Å². The summed E-state index contributed by atoms with van der Waals surface area (Å²) in [5.74, 6) is -0.510. The molecule has 1 amide bonds. The number of hydrogen-bond donors (Lipinski definition) is 0. The average molecular weight is 366 g/mol. The number of carbonyl (C=O) groups is 1. The largest absolute Gasteiger partial charge is 0.406 e. The highest BCUT2D eigenvalue weighted by Gasteiger charge is 2.34. The molecule has 21 heavy (non-hydrogen) atoms. The summed E-state index contributed by atoms with van der Waals surface area (Å²) in [6, 6.07) is 6.98. The van der Waals surface area contributed by atoms with Gasteiger partial charge in [0.1, 0.15) is 6.54 Å². The van der Waals surface area contributed by atoms with Crippen molar-refractivity contribution < 1.29 is 18.0 Å². The summed E-state index contributed by atoms with van der Waals surface area (Å²) in [6.07, 6.45) is -4.42. The molecule has 0 heterocycles. The Kier molecular flexibility index (Phi) is 5.84. The van der Waals surface area contributed by atoms with Crippen molar-refractivity contribution in [3.05, 3.63) is 34.3 Å². The van der Waals surface area contributed by atoms with Crippen LogP contribution >= 0.6 is 15.9 Å². The maximum atomic E-state index is 12.6. The molecule has 0 saturated carbocycles. The lowest BCUT2D eigenvalue weighted by Gasteiger charge is -2.30. The highest BCUT2D eigenvalue weighted by atomic mass is 79.9. The minimum atomic E-state index is -4.39. The second-order valence-electron chi connectivity index (χ2n) is 6.23. The lowest BCUT2D eigenvalue weighted by molar-refractivity contribution is -0.163. The zero-order valence-electron chi connectivity index (χ0n) is 12.3. The summed E-state index contributed by atoms with van der Waals surface area (Å²) in [4.78, 5) is 13.1. The zero-order valence-corrected chi connectivity index (χ0v) is 13.9. The van der Waals surface area contributed by atoms with Gasteiger partial charge in [-0.1, -0.05) is 48.8 Å². The molecule has 1 aromatic rings. The SMILES string of the molecule is CC(C)(C)CN(CC(F)(F)F)C(=O)Cc1ccc(Br)cc1. The van der Waals surface area contributed by atoms with E-state index in [1.165, 1.54) is 0 Å². The molecule has 0 aliphatic rings. The van der Waals surface area contributed by atoms with Crippen molar-refractivity contribution in [1.29, 1.82) is 0 Å². The molecule has 0 aromatic heterocycles. The summed E-state index contributed by atoms with van der Waals surface area (Å²) in [6.45, 7) is 4.29. The summed E-state index contributed by atoms with van der Waals surface area (Å²) >= 11 is 3.28. The lowest BCUT2D eigenvalue weighted by atomic mass is 9.95. The van der Waals surface area contributed by atoms with Gasteiger partial charge in [-0.15, -0.1) is 0 Å². The molecule has 0 aliphatic carbocycles. The van der Waals surface area contributed by atoms with Gasteiger partial charge in [0.25, 0.3) is 0 Å². The number of amides is 1. The lowest BCUT2D eigenvalue weighted by Crippen LogP contribution is -2.44. The monoisotopic (exact) mass is 365 g/mol. The van der Waals surface area contributed by atoms with Crippen LogP contribution in [0, 0.1) is 5.41 Å². The van der Waals surface area contributed by atoms with E-state index in [1.54, 1.807) is 24.3 Å². The van der Waals surface area contributed by atoms with Crippen molar-refractivity contribution in [3.63, 3.8) is 0 Å². The summed E-state index contributed by atoms with van der Waals surface area (Å²) in [5, 5.41) is 0. The van der Waals surface area contributed by atoms with Crippen LogP contribution in [-0.4, -0.2) is 30.1 Å². The third-order valence-electron chi connectivity index (χ3n) is 2.66. The van der Waals surface area contributed by atoms with E-state index in [-0.39, 0.29) is 18.4 Å². The predicted octanol–water partition coefficient (Wildman–Crippen LogP) is 4.43. The van der Waals surface area contributed by atoms with Crippen molar-refractivity contribution in [1.82, 2.24) is 4.90 Å². The van der Waals surface area contributed by atoms with Gasteiger partial charge in [0.2, 0.25) is 5.91 Å². The van der Waals surface area contributed by atoms with E-state index in [0.717, 1.165) is 9.37 Å². The highest BCUT2D eigenvalue weighted by Crippen LogP contribution is 2.22. The number of benzene rings is 1. The third kappa shape index (κ3) is 7.50. The van der Waals surface area contributed by atoms with Crippen LogP contribution in [0.25, 0.3) is 0 Å². The molecule has 2 nitrogen and oxygen atoms in total. The van der Waals surface area contributed by atoms with E-state index < -0.39 is 18.6 Å². The topological polar surface area (TPSA) is 20.3 Å². The maximum Gasteiger partial charge on any atom is 0.406 e. The van der Waals surface area contributed by atoms with Gasteiger partial charge in [-0.05, 0) is 23.1 Å². The maximum absolute atomic E-state index is 12.6. The van der Waals surface area contributed by atoms with E-state index in [9.17, 15) is 18.0 Å². The molecule has 0 N–H and O–H groups in total. The molecule has 0 radical (unpaired) electrons. The Balaban J connectivity index is 2.81. The fraction of sp³-hybridized carbons (Fsp3) is 0.533. The molecule has 0 fully saturated rings. The van der Waals surface area contributed by atoms with E-state index in [0.29, 0.717) is 5.56 Å². The summed E-state index contributed by atoms with van der Waals surface area (Å²) in [5.41, 5.74) is 0.310. The molecule has 0 saturated heterocycles. The first-order chi connectivity index (χ1) is 9.46. The normalized spacial score (nSPS) is 12.3. The molecular weight excluding hydrogens is 347 g/mol. The number of halogens is 4. The fourth-order valence-electron chi connectivity index (χ4n) is 1.91. The molecule has 6 heteroatoms. The van der Waals surface area contributed by atoms with Crippen LogP contribution in [0.5, 0.6) is 0 Å². The number of rotatable bonds is 4. The van der Waals surface area contributed by atoms with Crippen molar-refractivity contribution in [3.8, 4) is 0 Å². The molecular formula is C15H19BrF3NO. The molecule has 0 spiro atoms. The Labute approximate surface area is 131 Å². The molecule has 0 unspecified atom stereocenters. The first kappa shape index (κ1) is 18.0. The Bertz CT molecular complexity index is 461. The van der Waals surface area contributed by atoms with Gasteiger partial charge in [0.15, 0.2) is 0 Å². The standard InChI is InChI=1S/C15H19BrF3NO/c1-14(2,3)9-20(10-15(17,18)19)13(21)8-11-4-6-12(16)7-5-11/h4-7H,8-10H2,1-3H3. The van der Waals surface area contributed by atoms with Gasteiger partial charge in [-0.2, -0.15) is 13.2 Å². The summed E-state index contributed by atoms with van der Waals surface area (Å²) < 4.78 is 38.8. The van der Waals surface area contributed by atoms with Crippen LogP contribution in [0.3, 0.4) is 0 Å². The molecule has 0 aliphatic heterocycles. The number of nitrogens with zero attached hydrogens (tertiary/aromatic N) is 1. The van der Waals surface area contributed by atoms with Gasteiger partial charge in [-0.3, -0.25) is 4.79 Å². The van der Waals surface area contributed by atoms with E-state index in [4.69, 9.17) is 0 Å². The second-order valence-corrected chi connectivity index (χ2v) is 7.14. The van der Waals surface area contributed by atoms with Crippen LogP contribution in [0.2, 0.25) is 0 Å². The van der Waals surface area contributed by atoms with Crippen LogP contribution in [-0.2, 0) is 11.2 Å². The molecule has 1 aromatic carbocycles. The van der Waals surface area contributed by atoms with Gasteiger partial charge in [0, 0.05) is 11.0 Å². The van der Waals surface area contributed by atoms with Crippen molar-refractivity contribution in [2.75, 3.05) is 13.1 Å². The quantitative estimate of drug-likeness (QED) is 0.772. The fourth-order valence-corrected chi connectivity index (χ4v) is 2.17. The Hall–Kier alpha value is -1.04. The van der Waals surface area contributed by atoms with Crippen LogP contribution in [0.4, 0.5) is 13.2 Å². The molecule has 0 atom stereocenters. The number of hydrogen-bond acceptors (Lipinski definition) is 1. The second kappa shape index (κ2) is 6.81. The highest BCUT2D eigenvalue weighted by molar-refractivity contribution is 9.10. The third-order valence-corrected chi connectivity index (χ3v) is 3.19. The van der Waals surface area contributed by atoms with Crippen molar-refractivity contribution in [2.45, 2.75) is 33.4 Å². The predicted molar refractivity (Wildman–Crippen MR) is 79.9 cm³/mol. The van der Waals surface area contributed by atoms with E-state index >= 15 is 0 Å². The van der Waals surface area contributed by atoms with Crippen LogP contribution in [0.1, 0.15) is 26.3 Å². The van der Waals surface area contributed by atoms with Gasteiger partial charge in [-0.25, -0.2) is 0 Å².